The van der Waals surface area contributed by atoms with Crippen molar-refractivity contribution < 1.29 is 13.2 Å². The van der Waals surface area contributed by atoms with Crippen molar-refractivity contribution in [3.05, 3.63) is 53.7 Å². The van der Waals surface area contributed by atoms with Crippen LogP contribution in [0.5, 0.6) is 0 Å². The van der Waals surface area contributed by atoms with Gasteiger partial charge in [0.25, 0.3) is 5.91 Å². The fourth-order valence-corrected chi connectivity index (χ4v) is 3.76. The van der Waals surface area contributed by atoms with Crippen molar-refractivity contribution in [1.82, 2.24) is 28.8 Å². The van der Waals surface area contributed by atoms with Crippen LogP contribution >= 0.6 is 0 Å². The van der Waals surface area contributed by atoms with Gasteiger partial charge in [0.05, 0.1) is 37.3 Å². The Bertz CT molecular complexity index is 1050. The summed E-state index contributed by atoms with van der Waals surface area (Å²) in [5.74, 6) is -0.280. The Morgan fingerprint density at radius 3 is 2.92 bits per heavy atom. The number of hydrogen-bond acceptors (Lipinski definition) is 5. The van der Waals surface area contributed by atoms with Crippen LogP contribution in [0.1, 0.15) is 21.9 Å². The molecule has 1 amide bonds. The fraction of sp³-hybridized carbons (Fsp3) is 0.312. The number of nitrogens with zero attached hydrogens (tertiary/aromatic N) is 5. The maximum atomic E-state index is 12.3. The molecule has 0 spiro atoms. The molecule has 0 bridgehead atoms. The molecule has 4 rings (SSSR count). The summed E-state index contributed by atoms with van der Waals surface area (Å²) in [7, 11) is -3.22. The van der Waals surface area contributed by atoms with E-state index in [-0.39, 0.29) is 12.5 Å². The predicted molar refractivity (Wildman–Crippen MR) is 93.8 cm³/mol. The van der Waals surface area contributed by atoms with Crippen LogP contribution < -0.4 is 5.32 Å². The first-order valence-electron chi connectivity index (χ1n) is 8.13. The summed E-state index contributed by atoms with van der Waals surface area (Å²) in [5, 5.41) is 7.23. The summed E-state index contributed by atoms with van der Waals surface area (Å²) in [6.45, 7) is 1.46. The Labute approximate surface area is 150 Å². The number of amides is 1. The summed E-state index contributed by atoms with van der Waals surface area (Å²) in [4.78, 5) is 16.6. The minimum atomic E-state index is -3.22. The number of imidazole rings is 1. The lowest BCUT2D eigenvalue weighted by Gasteiger charge is -2.25. The van der Waals surface area contributed by atoms with Gasteiger partial charge in [-0.15, -0.1) is 0 Å². The highest BCUT2D eigenvalue weighted by Crippen LogP contribution is 2.16. The molecular formula is C16H18N6O3S. The quantitative estimate of drug-likeness (QED) is 0.705. The molecule has 3 aromatic rings. The average molecular weight is 374 g/mol. The molecule has 0 atom stereocenters. The topological polar surface area (TPSA) is 102 Å². The molecule has 0 aliphatic carbocycles. The number of hydrogen-bond donors (Lipinski definition) is 1. The molecule has 4 heterocycles. The van der Waals surface area contributed by atoms with Crippen LogP contribution in [0.15, 0.2) is 36.7 Å². The van der Waals surface area contributed by atoms with Crippen molar-refractivity contribution in [3.8, 4) is 0 Å². The van der Waals surface area contributed by atoms with Crippen LogP contribution in [-0.4, -0.2) is 50.6 Å². The van der Waals surface area contributed by atoms with E-state index in [1.165, 1.54) is 10.6 Å². The molecule has 26 heavy (non-hydrogen) atoms. The molecular weight excluding hydrogens is 356 g/mol. The molecule has 0 saturated heterocycles. The van der Waals surface area contributed by atoms with Crippen molar-refractivity contribution in [3.63, 3.8) is 0 Å². The molecule has 0 unspecified atom stereocenters. The average Bonchev–Trinajstić information content (AvgIpc) is 3.21. The van der Waals surface area contributed by atoms with Gasteiger partial charge in [-0.25, -0.2) is 13.4 Å². The first-order valence-corrected chi connectivity index (χ1v) is 9.98. The van der Waals surface area contributed by atoms with Crippen LogP contribution in [0.3, 0.4) is 0 Å². The normalized spacial score (nSPS) is 15.1. The number of sulfonamides is 1. The SMILES string of the molecule is CS(=O)(=O)N1CCn2nc(CNC(=O)c3cn4ccccc4n3)cc2C1. The Balaban J connectivity index is 1.44. The number of carbonyl (C=O) groups is 1. The van der Waals surface area contributed by atoms with E-state index in [1.54, 1.807) is 15.3 Å². The van der Waals surface area contributed by atoms with Crippen molar-refractivity contribution in [1.29, 1.82) is 0 Å². The first kappa shape index (κ1) is 16.7. The zero-order valence-electron chi connectivity index (χ0n) is 14.2. The molecule has 1 N–H and O–H groups in total. The Kier molecular flexibility index (Phi) is 4.00. The lowest BCUT2D eigenvalue weighted by atomic mass is 10.3. The monoisotopic (exact) mass is 374 g/mol. The van der Waals surface area contributed by atoms with Crippen LogP contribution in [0.2, 0.25) is 0 Å². The van der Waals surface area contributed by atoms with Gasteiger partial charge in [0.1, 0.15) is 11.3 Å². The number of pyridine rings is 1. The van der Waals surface area contributed by atoms with E-state index in [0.717, 1.165) is 5.69 Å². The molecule has 0 aromatic carbocycles. The van der Waals surface area contributed by atoms with Gasteiger partial charge in [-0.2, -0.15) is 9.40 Å². The van der Waals surface area contributed by atoms with Gasteiger partial charge in [0.15, 0.2) is 0 Å². The van der Waals surface area contributed by atoms with Crippen molar-refractivity contribution >= 4 is 21.6 Å². The third-order valence-electron chi connectivity index (χ3n) is 4.31. The first-order chi connectivity index (χ1) is 12.4. The van der Waals surface area contributed by atoms with E-state index in [2.05, 4.69) is 15.4 Å². The van der Waals surface area contributed by atoms with Gasteiger partial charge < -0.3 is 9.72 Å². The van der Waals surface area contributed by atoms with Gasteiger partial charge in [0, 0.05) is 18.9 Å². The largest absolute Gasteiger partial charge is 0.345 e. The van der Waals surface area contributed by atoms with E-state index in [0.29, 0.717) is 36.7 Å². The second-order valence-corrected chi connectivity index (χ2v) is 8.20. The molecule has 9 nitrogen and oxygen atoms in total. The van der Waals surface area contributed by atoms with Crippen molar-refractivity contribution in [2.45, 2.75) is 19.6 Å². The number of fused-ring (bicyclic) bond motifs is 2. The summed E-state index contributed by atoms with van der Waals surface area (Å²) < 4.78 is 28.3. The Morgan fingerprint density at radius 1 is 1.31 bits per heavy atom. The molecule has 1 aliphatic rings. The van der Waals surface area contributed by atoms with E-state index in [9.17, 15) is 13.2 Å². The van der Waals surface area contributed by atoms with E-state index >= 15 is 0 Å². The lowest BCUT2D eigenvalue weighted by Crippen LogP contribution is -2.37. The van der Waals surface area contributed by atoms with E-state index in [1.807, 2.05) is 30.5 Å². The zero-order chi connectivity index (χ0) is 18.3. The van der Waals surface area contributed by atoms with E-state index in [4.69, 9.17) is 0 Å². The van der Waals surface area contributed by atoms with Crippen LogP contribution in [-0.2, 0) is 29.7 Å². The third-order valence-corrected chi connectivity index (χ3v) is 5.56. The van der Waals surface area contributed by atoms with Crippen LogP contribution in [0, 0.1) is 0 Å². The van der Waals surface area contributed by atoms with Gasteiger partial charge in [-0.05, 0) is 18.2 Å². The standard InChI is InChI=1S/C16H18N6O3S/c1-26(24,25)21-6-7-22-13(10-21)8-12(19-22)9-17-16(23)14-11-20-5-3-2-4-15(20)18-14/h2-5,8,11H,6-7,9-10H2,1H3,(H,17,23). The summed E-state index contributed by atoms with van der Waals surface area (Å²) in [6, 6.07) is 7.38. The lowest BCUT2D eigenvalue weighted by molar-refractivity contribution is 0.0946. The summed E-state index contributed by atoms with van der Waals surface area (Å²) in [5.41, 5.74) is 2.55. The number of nitrogens with one attached hydrogen (secondary N) is 1. The highest BCUT2D eigenvalue weighted by atomic mass is 32.2. The highest BCUT2D eigenvalue weighted by molar-refractivity contribution is 7.88. The number of aromatic nitrogens is 4. The molecule has 1 aliphatic heterocycles. The smallest absolute Gasteiger partial charge is 0.271 e. The van der Waals surface area contributed by atoms with Crippen molar-refractivity contribution in [2.24, 2.45) is 0 Å². The fourth-order valence-electron chi connectivity index (χ4n) is 2.98. The minimum Gasteiger partial charge on any atom is -0.345 e. The maximum Gasteiger partial charge on any atom is 0.271 e. The zero-order valence-corrected chi connectivity index (χ0v) is 15.0. The van der Waals surface area contributed by atoms with Crippen LogP contribution in [0.4, 0.5) is 0 Å². The molecule has 136 valence electrons. The second-order valence-electron chi connectivity index (χ2n) is 6.22. The second kappa shape index (κ2) is 6.22. The molecule has 0 fully saturated rings. The van der Waals surface area contributed by atoms with E-state index < -0.39 is 10.0 Å². The minimum absolute atomic E-state index is 0.256. The van der Waals surface area contributed by atoms with Crippen LogP contribution in [0.25, 0.3) is 5.65 Å². The molecule has 0 radical (unpaired) electrons. The van der Waals surface area contributed by atoms with Gasteiger partial charge in [-0.3, -0.25) is 9.48 Å². The van der Waals surface area contributed by atoms with Gasteiger partial charge in [-0.1, -0.05) is 6.07 Å². The summed E-state index contributed by atoms with van der Waals surface area (Å²) >= 11 is 0. The predicted octanol–water partition coefficient (Wildman–Crippen LogP) is 0.236. The molecule has 10 heteroatoms. The number of rotatable bonds is 4. The number of carbonyl (C=O) groups excluding carboxylic acids is 1. The third kappa shape index (κ3) is 3.20. The molecule has 0 saturated carbocycles. The maximum absolute atomic E-state index is 12.3. The summed E-state index contributed by atoms with van der Waals surface area (Å²) in [6.07, 6.45) is 4.71. The van der Waals surface area contributed by atoms with Gasteiger partial charge >= 0.3 is 0 Å². The van der Waals surface area contributed by atoms with Gasteiger partial charge in [0.2, 0.25) is 10.0 Å². The Morgan fingerprint density at radius 2 is 2.15 bits per heavy atom. The molecule has 3 aromatic heterocycles. The Hall–Kier alpha value is -2.72. The highest BCUT2D eigenvalue weighted by Gasteiger charge is 2.24. The van der Waals surface area contributed by atoms with Crippen molar-refractivity contribution in [2.75, 3.05) is 12.8 Å².